The van der Waals surface area contributed by atoms with Crippen LogP contribution in [0.3, 0.4) is 0 Å². The maximum atomic E-state index is 2.50. The van der Waals surface area contributed by atoms with Crippen LogP contribution in [0.15, 0.2) is 370 Å². The second-order valence-electron chi connectivity index (χ2n) is 23.6. The lowest BCUT2D eigenvalue weighted by atomic mass is 9.89. The minimum atomic E-state index is 1.09. The molecule has 0 fully saturated rings. The number of benzene rings is 15. The van der Waals surface area contributed by atoms with Crippen molar-refractivity contribution < 1.29 is 0 Å². The van der Waals surface area contributed by atoms with Crippen LogP contribution in [0.5, 0.6) is 0 Å². The van der Waals surface area contributed by atoms with Gasteiger partial charge in [0.25, 0.3) is 0 Å². The summed E-state index contributed by atoms with van der Waals surface area (Å²) in [7, 11) is 0. The first-order valence-electron chi connectivity index (χ1n) is 31.4. The fourth-order valence-electron chi connectivity index (χ4n) is 13.3. The van der Waals surface area contributed by atoms with Crippen LogP contribution in [0.4, 0.5) is 0 Å². The zero-order chi connectivity index (χ0) is 60.5. The largest absolute Gasteiger partial charge is 0.309 e. The second-order valence-corrected chi connectivity index (χ2v) is 23.6. The molecule has 0 aliphatic heterocycles. The van der Waals surface area contributed by atoms with Crippen molar-refractivity contribution in [2.24, 2.45) is 0 Å². The predicted molar refractivity (Wildman–Crippen MR) is 386 cm³/mol. The quantitative estimate of drug-likeness (QED) is 0.108. The van der Waals surface area contributed by atoms with Crippen molar-refractivity contribution in [2.75, 3.05) is 0 Å². The zero-order valence-corrected chi connectivity index (χ0v) is 50.2. The molecule has 16 aromatic rings. The van der Waals surface area contributed by atoms with E-state index in [1.807, 2.05) is 0 Å². The van der Waals surface area contributed by atoms with E-state index in [2.05, 4.69) is 375 Å². The average Bonchev–Trinajstić information content (AvgIpc) is 1.96. The van der Waals surface area contributed by atoms with Crippen LogP contribution in [0.25, 0.3) is 161 Å². The first-order valence-corrected chi connectivity index (χ1v) is 31.4. The van der Waals surface area contributed by atoms with E-state index < -0.39 is 0 Å². The molecule has 0 spiro atoms. The minimum absolute atomic E-state index is 1.09. The summed E-state index contributed by atoms with van der Waals surface area (Å²) in [6.45, 7) is 0. The number of aromatic nitrogens is 1. The molecule has 0 saturated carbocycles. The fraction of sp³-hybridized carbons (Fsp3) is 0. The fourth-order valence-corrected chi connectivity index (χ4v) is 13.3. The molecule has 0 bridgehead atoms. The van der Waals surface area contributed by atoms with Crippen LogP contribution in [0, 0.1) is 0 Å². The van der Waals surface area contributed by atoms with Crippen LogP contribution in [-0.4, -0.2) is 4.57 Å². The van der Waals surface area contributed by atoms with Crippen molar-refractivity contribution in [1.82, 2.24) is 4.57 Å². The minimum Gasteiger partial charge on any atom is -0.309 e. The lowest BCUT2D eigenvalue weighted by Gasteiger charge is -2.16. The van der Waals surface area contributed by atoms with E-state index in [4.69, 9.17) is 0 Å². The van der Waals surface area contributed by atoms with Gasteiger partial charge in [-0.3, -0.25) is 0 Å². The molecule has 426 valence electrons. The molecule has 0 saturated heterocycles. The Hall–Kier alpha value is -11.9. The zero-order valence-electron chi connectivity index (χ0n) is 50.2. The van der Waals surface area contributed by atoms with Crippen molar-refractivity contribution in [2.45, 2.75) is 0 Å². The average molecular weight is 1160 g/mol. The molecular weight excluding hydrogens is 1090 g/mol. The lowest BCUT2D eigenvalue weighted by molar-refractivity contribution is 1.18. The van der Waals surface area contributed by atoms with Crippen LogP contribution in [0.2, 0.25) is 0 Å². The van der Waals surface area contributed by atoms with Gasteiger partial charge in [0.1, 0.15) is 0 Å². The van der Waals surface area contributed by atoms with Gasteiger partial charge in [0, 0.05) is 16.5 Å². The number of fused-ring (bicyclic) bond motifs is 3. The van der Waals surface area contributed by atoms with E-state index in [9.17, 15) is 0 Å². The summed E-state index contributed by atoms with van der Waals surface area (Å²) in [5.41, 5.74) is 31.7. The molecular formula is C90H61N. The molecule has 16 rings (SSSR count). The molecule has 0 aliphatic rings. The number of rotatable bonds is 13. The van der Waals surface area contributed by atoms with Gasteiger partial charge in [-0.2, -0.15) is 0 Å². The number of hydrogen-bond acceptors (Lipinski definition) is 0. The number of hydrogen-bond donors (Lipinski definition) is 0. The van der Waals surface area contributed by atoms with Crippen molar-refractivity contribution in [3.05, 3.63) is 370 Å². The molecule has 1 heteroatoms. The van der Waals surface area contributed by atoms with Crippen molar-refractivity contribution >= 4 is 21.8 Å². The third-order valence-electron chi connectivity index (χ3n) is 18.1. The van der Waals surface area contributed by atoms with Gasteiger partial charge in [-0.25, -0.2) is 0 Å². The van der Waals surface area contributed by atoms with Crippen LogP contribution < -0.4 is 0 Å². The van der Waals surface area contributed by atoms with Gasteiger partial charge < -0.3 is 4.57 Å². The maximum Gasteiger partial charge on any atom is 0.0541 e. The summed E-state index contributed by atoms with van der Waals surface area (Å²) < 4.78 is 2.50. The van der Waals surface area contributed by atoms with Crippen molar-refractivity contribution in [3.8, 4) is 139 Å². The third kappa shape index (κ3) is 10.9. The van der Waals surface area contributed by atoms with Crippen LogP contribution in [-0.2, 0) is 0 Å². The van der Waals surface area contributed by atoms with Gasteiger partial charge >= 0.3 is 0 Å². The van der Waals surface area contributed by atoms with E-state index in [0.29, 0.717) is 0 Å². The predicted octanol–water partition coefficient (Wildman–Crippen LogP) is 24.8. The summed E-state index contributed by atoms with van der Waals surface area (Å²) in [5.74, 6) is 0. The van der Waals surface area contributed by atoms with E-state index in [1.54, 1.807) is 0 Å². The molecule has 0 atom stereocenters. The normalized spacial score (nSPS) is 11.3. The van der Waals surface area contributed by atoms with E-state index >= 15 is 0 Å². The van der Waals surface area contributed by atoms with Crippen molar-refractivity contribution in [1.29, 1.82) is 0 Å². The molecule has 1 heterocycles. The molecule has 0 aliphatic carbocycles. The lowest BCUT2D eigenvalue weighted by Crippen LogP contribution is -1.96. The monoisotopic (exact) mass is 1160 g/mol. The maximum absolute atomic E-state index is 2.50. The Morgan fingerprint density at radius 1 is 0.132 bits per heavy atom. The molecule has 0 N–H and O–H groups in total. The Bertz CT molecular complexity index is 4900. The van der Waals surface area contributed by atoms with Gasteiger partial charge in [0.05, 0.1) is 11.0 Å². The van der Waals surface area contributed by atoms with E-state index in [-0.39, 0.29) is 0 Å². The van der Waals surface area contributed by atoms with Gasteiger partial charge in [-0.05, 0) is 188 Å². The summed E-state index contributed by atoms with van der Waals surface area (Å²) in [6.07, 6.45) is 0. The summed E-state index contributed by atoms with van der Waals surface area (Å²) in [4.78, 5) is 0. The smallest absolute Gasteiger partial charge is 0.0541 e. The van der Waals surface area contributed by atoms with Crippen LogP contribution >= 0.6 is 0 Å². The summed E-state index contributed by atoms with van der Waals surface area (Å²) in [6, 6.07) is 136. The highest BCUT2D eigenvalue weighted by Gasteiger charge is 2.20. The van der Waals surface area contributed by atoms with Crippen molar-refractivity contribution in [3.63, 3.8) is 0 Å². The summed E-state index contributed by atoms with van der Waals surface area (Å²) in [5, 5.41) is 2.36. The van der Waals surface area contributed by atoms with E-state index in [1.165, 1.54) is 111 Å². The van der Waals surface area contributed by atoms with Gasteiger partial charge in [0.2, 0.25) is 0 Å². The first kappa shape index (κ1) is 54.5. The molecule has 0 radical (unpaired) electrons. The molecule has 15 aromatic carbocycles. The van der Waals surface area contributed by atoms with Crippen LogP contribution in [0.1, 0.15) is 0 Å². The molecule has 0 unspecified atom stereocenters. The topological polar surface area (TPSA) is 4.93 Å². The molecule has 1 aromatic heterocycles. The number of nitrogens with zero attached hydrogens (tertiary/aromatic N) is 1. The molecule has 0 amide bonds. The molecule has 91 heavy (non-hydrogen) atoms. The van der Waals surface area contributed by atoms with Gasteiger partial charge in [-0.1, -0.05) is 315 Å². The summed E-state index contributed by atoms with van der Waals surface area (Å²) >= 11 is 0. The van der Waals surface area contributed by atoms with Gasteiger partial charge in [0.15, 0.2) is 0 Å². The van der Waals surface area contributed by atoms with Gasteiger partial charge in [-0.15, -0.1) is 0 Å². The second kappa shape index (κ2) is 24.0. The molecule has 1 nitrogen and oxygen atoms in total. The Morgan fingerprint density at radius 3 is 0.659 bits per heavy atom. The standard InChI is InChI=1S/C90H61N/c1-7-19-62(20-8-1)66-31-39-70(40-32-66)76-47-51-83(85(58-76)74-27-15-5-16-28-74)78-49-53-89-87(60-78)88-61-79(84-52-48-77(59-86(84)75-29-17-6-18-30-75)71-41-33-67(34-42-71)63-21-9-2-10-22-63)50-54-90(88)91(89)82-56-80(72-43-35-68(36-44-72)64-23-11-3-12-24-64)55-81(57-82)73-45-37-69(38-46-73)65-25-13-4-14-26-65/h1-61H. The highest BCUT2D eigenvalue weighted by atomic mass is 15.0. The Balaban J connectivity index is 0.886. The third-order valence-corrected chi connectivity index (χ3v) is 18.1. The highest BCUT2D eigenvalue weighted by molar-refractivity contribution is 6.13. The first-order chi connectivity index (χ1) is 45.1. The Morgan fingerprint density at radius 2 is 0.363 bits per heavy atom. The highest BCUT2D eigenvalue weighted by Crippen LogP contribution is 2.45. The van der Waals surface area contributed by atoms with E-state index in [0.717, 1.165) is 50.1 Å². The Kier molecular flexibility index (Phi) is 14.4. The SMILES string of the molecule is c1ccc(-c2ccc(-c3cc(-c4ccc(-c5ccccc5)cc4)cc(-n4c5ccc(-c6ccc(-c7ccc(-c8ccccc8)cc7)cc6-c6ccccc6)cc5c5cc(-c6ccc(-c7ccc(-c8ccccc8)cc7)cc6-c6ccccc6)ccc54)c3)cc2)cc1. The Labute approximate surface area is 532 Å².